The number of hydrogen-bond acceptors (Lipinski definition) is 2. The minimum atomic E-state index is 0.936. The zero-order valence-electron chi connectivity index (χ0n) is 44.0. The second-order valence-corrected chi connectivity index (χ2v) is 21.7. The molecular formula is C65H100N2. The number of unbranched alkanes of at least 4 members (excludes halogenated alkanes) is 15. The lowest BCUT2D eigenvalue weighted by Gasteiger charge is -2.28. The van der Waals surface area contributed by atoms with Gasteiger partial charge in [0.2, 0.25) is 0 Å². The lowest BCUT2D eigenvalue weighted by atomic mass is 9.78. The molecule has 2 heterocycles. The Bertz CT molecular complexity index is 1760. The third-order valence-electron chi connectivity index (χ3n) is 16.1. The van der Waals surface area contributed by atoms with Crippen LogP contribution in [0.1, 0.15) is 249 Å². The molecule has 0 spiro atoms. The molecule has 2 fully saturated rings. The molecule has 2 aromatic carbocycles. The third-order valence-corrected chi connectivity index (χ3v) is 16.1. The maximum Gasteiger partial charge on any atom is 0.0702 e. The van der Waals surface area contributed by atoms with Gasteiger partial charge in [-0.05, 0) is 109 Å². The van der Waals surface area contributed by atoms with Crippen molar-refractivity contribution in [3.63, 3.8) is 0 Å². The molecule has 4 aromatic rings. The highest BCUT2D eigenvalue weighted by Gasteiger charge is 2.22. The Morgan fingerprint density at radius 3 is 0.955 bits per heavy atom. The molecule has 2 saturated carbocycles. The molecule has 370 valence electrons. The second kappa shape index (κ2) is 34.1. The molecule has 2 nitrogen and oxygen atoms in total. The van der Waals surface area contributed by atoms with Crippen LogP contribution in [0.5, 0.6) is 0 Å². The molecule has 0 bridgehead atoms. The van der Waals surface area contributed by atoms with Crippen LogP contribution in [-0.2, 0) is 25.7 Å². The Balaban J connectivity index is 0.000000251. The van der Waals surface area contributed by atoms with Crippen molar-refractivity contribution in [2.45, 2.75) is 252 Å². The first-order chi connectivity index (χ1) is 33.1. The molecule has 0 N–H and O–H groups in total. The molecule has 0 amide bonds. The first kappa shape index (κ1) is 54.7. The van der Waals surface area contributed by atoms with Gasteiger partial charge in [-0.2, -0.15) is 0 Å². The summed E-state index contributed by atoms with van der Waals surface area (Å²) in [5.74, 6) is 3.91. The fraction of sp³-hybridized carbons (Fsp3) is 0.662. The van der Waals surface area contributed by atoms with E-state index in [0.717, 1.165) is 35.1 Å². The number of hydrogen-bond donors (Lipinski definition) is 0. The van der Waals surface area contributed by atoms with Gasteiger partial charge < -0.3 is 0 Å². The number of nitrogens with zero attached hydrogens (tertiary/aromatic N) is 2. The Morgan fingerprint density at radius 2 is 0.597 bits per heavy atom. The van der Waals surface area contributed by atoms with Gasteiger partial charge >= 0.3 is 0 Å². The van der Waals surface area contributed by atoms with Gasteiger partial charge in [-0.25, -0.2) is 0 Å². The SMILES string of the molecule is CCCCCCCCC1CCC(CCc2ccc(-c3ccc(CCCCC)cc3)nc2)CC1.CCCCCCCCC1CCC(CCc2ccc(-c3ccc(CCCCCC)cc3)nc2)CC1. The van der Waals surface area contributed by atoms with Crippen LogP contribution in [0.15, 0.2) is 85.2 Å². The van der Waals surface area contributed by atoms with Crippen molar-refractivity contribution >= 4 is 0 Å². The van der Waals surface area contributed by atoms with E-state index in [0.29, 0.717) is 0 Å². The number of rotatable bonds is 31. The molecular weight excluding hydrogens is 809 g/mol. The van der Waals surface area contributed by atoms with Crippen LogP contribution in [0.3, 0.4) is 0 Å². The Morgan fingerprint density at radius 1 is 0.299 bits per heavy atom. The fourth-order valence-corrected chi connectivity index (χ4v) is 11.3. The van der Waals surface area contributed by atoms with E-state index in [4.69, 9.17) is 9.97 Å². The molecule has 2 aliphatic rings. The molecule has 0 saturated heterocycles. The minimum absolute atomic E-state index is 0.936. The van der Waals surface area contributed by atoms with E-state index in [1.54, 1.807) is 0 Å². The number of aromatic nitrogens is 2. The number of benzene rings is 2. The summed E-state index contributed by atoms with van der Waals surface area (Å²) in [4.78, 5) is 9.59. The van der Waals surface area contributed by atoms with Crippen molar-refractivity contribution in [2.75, 3.05) is 0 Å². The maximum atomic E-state index is 4.80. The first-order valence-corrected chi connectivity index (χ1v) is 29.1. The highest BCUT2D eigenvalue weighted by atomic mass is 14.7. The van der Waals surface area contributed by atoms with E-state index in [-0.39, 0.29) is 0 Å². The molecule has 0 atom stereocenters. The van der Waals surface area contributed by atoms with Crippen molar-refractivity contribution in [3.8, 4) is 22.5 Å². The Kier molecular flexibility index (Phi) is 27.8. The lowest BCUT2D eigenvalue weighted by Crippen LogP contribution is -2.15. The van der Waals surface area contributed by atoms with Gasteiger partial charge in [0.1, 0.15) is 0 Å². The molecule has 2 heteroatoms. The highest BCUT2D eigenvalue weighted by Crippen LogP contribution is 2.36. The number of pyridine rings is 2. The standard InChI is InChI=1S/C33H51N.C32H49N/c1-3-5-7-9-10-12-14-28-15-17-30(18-16-28)19-20-31-23-26-33(34-27-31)32-24-21-29(22-25-32)13-11-8-6-4-2;1-3-5-7-8-9-11-13-27-14-16-29(17-15-27)18-19-30-22-25-32(33-26-30)31-23-20-28(21-24-31)12-10-6-4-2/h21-28,30H,3-20H2,1-2H3;20-27,29H,3-19H2,1-2H3. The predicted octanol–water partition coefficient (Wildman–Crippen LogP) is 20.3. The topological polar surface area (TPSA) is 25.8 Å². The molecule has 67 heavy (non-hydrogen) atoms. The van der Waals surface area contributed by atoms with E-state index in [2.05, 4.69) is 113 Å². The van der Waals surface area contributed by atoms with Crippen LogP contribution in [0.4, 0.5) is 0 Å². The summed E-state index contributed by atoms with van der Waals surface area (Å²) in [7, 11) is 0. The Hall–Kier alpha value is -3.26. The zero-order valence-corrected chi connectivity index (χ0v) is 44.0. The summed E-state index contributed by atoms with van der Waals surface area (Å²) in [5, 5.41) is 0. The van der Waals surface area contributed by atoms with Crippen LogP contribution in [0, 0.1) is 23.7 Å². The van der Waals surface area contributed by atoms with Gasteiger partial charge in [0, 0.05) is 23.5 Å². The summed E-state index contributed by atoms with van der Waals surface area (Å²) in [5.41, 5.74) is 10.4. The lowest BCUT2D eigenvalue weighted by molar-refractivity contribution is 0.248. The minimum Gasteiger partial charge on any atom is -0.256 e. The fourth-order valence-electron chi connectivity index (χ4n) is 11.3. The van der Waals surface area contributed by atoms with Crippen LogP contribution >= 0.6 is 0 Å². The molecule has 0 unspecified atom stereocenters. The van der Waals surface area contributed by atoms with Gasteiger partial charge in [0.05, 0.1) is 11.4 Å². The van der Waals surface area contributed by atoms with Crippen LogP contribution in [0.2, 0.25) is 0 Å². The summed E-state index contributed by atoms with van der Waals surface area (Å²) >= 11 is 0. The van der Waals surface area contributed by atoms with Crippen LogP contribution < -0.4 is 0 Å². The normalized spacial score (nSPS) is 18.4. The zero-order chi connectivity index (χ0) is 47.0. The van der Waals surface area contributed by atoms with E-state index < -0.39 is 0 Å². The van der Waals surface area contributed by atoms with Crippen LogP contribution in [0.25, 0.3) is 22.5 Å². The van der Waals surface area contributed by atoms with Crippen molar-refractivity contribution in [3.05, 3.63) is 107 Å². The van der Waals surface area contributed by atoms with Gasteiger partial charge in [0.15, 0.2) is 0 Å². The van der Waals surface area contributed by atoms with E-state index in [1.807, 2.05) is 0 Å². The van der Waals surface area contributed by atoms with Crippen LogP contribution in [-0.4, -0.2) is 9.97 Å². The molecule has 0 radical (unpaired) electrons. The summed E-state index contributed by atoms with van der Waals surface area (Å²) in [6.07, 6.45) is 52.9. The molecule has 6 rings (SSSR count). The van der Waals surface area contributed by atoms with Crippen molar-refractivity contribution in [1.29, 1.82) is 0 Å². The highest BCUT2D eigenvalue weighted by molar-refractivity contribution is 5.60. The van der Waals surface area contributed by atoms with Crippen molar-refractivity contribution in [1.82, 2.24) is 9.97 Å². The van der Waals surface area contributed by atoms with Gasteiger partial charge in [-0.15, -0.1) is 0 Å². The molecule has 2 aromatic heterocycles. The van der Waals surface area contributed by atoms with Gasteiger partial charge in [-0.3, -0.25) is 9.97 Å². The quantitative estimate of drug-likeness (QED) is 0.0470. The number of aryl methyl sites for hydroxylation is 4. The average molecular weight is 910 g/mol. The maximum absolute atomic E-state index is 4.80. The smallest absolute Gasteiger partial charge is 0.0702 e. The van der Waals surface area contributed by atoms with Crippen molar-refractivity contribution < 1.29 is 0 Å². The first-order valence-electron chi connectivity index (χ1n) is 29.1. The predicted molar refractivity (Wildman–Crippen MR) is 294 cm³/mol. The molecule has 2 aliphatic carbocycles. The van der Waals surface area contributed by atoms with Crippen molar-refractivity contribution in [2.24, 2.45) is 23.7 Å². The van der Waals surface area contributed by atoms with Gasteiger partial charge in [0.25, 0.3) is 0 Å². The van der Waals surface area contributed by atoms with E-state index >= 15 is 0 Å². The summed E-state index contributed by atoms with van der Waals surface area (Å²) in [6.45, 7) is 9.15. The second-order valence-electron chi connectivity index (χ2n) is 21.7. The average Bonchev–Trinajstić information content (AvgIpc) is 3.38. The third kappa shape index (κ3) is 22.4. The van der Waals surface area contributed by atoms with E-state index in [9.17, 15) is 0 Å². The molecule has 0 aliphatic heterocycles. The van der Waals surface area contributed by atoms with Gasteiger partial charge in [-0.1, -0.05) is 262 Å². The monoisotopic (exact) mass is 909 g/mol. The summed E-state index contributed by atoms with van der Waals surface area (Å²) in [6, 6.07) is 27.2. The van der Waals surface area contributed by atoms with E-state index in [1.165, 1.54) is 258 Å². The largest absolute Gasteiger partial charge is 0.256 e. The Labute approximate surface area is 414 Å². The summed E-state index contributed by atoms with van der Waals surface area (Å²) < 4.78 is 0.